The van der Waals surface area contributed by atoms with E-state index in [9.17, 15) is 9.00 Å². The van der Waals surface area contributed by atoms with E-state index in [2.05, 4.69) is 46.2 Å². The van der Waals surface area contributed by atoms with Crippen LogP contribution in [0.5, 0.6) is 0 Å². The summed E-state index contributed by atoms with van der Waals surface area (Å²) in [5.74, 6) is -1.85. The van der Waals surface area contributed by atoms with Crippen molar-refractivity contribution in [1.82, 2.24) is 19.4 Å². The van der Waals surface area contributed by atoms with Crippen LogP contribution >= 0.6 is 0 Å². The van der Waals surface area contributed by atoms with Crippen molar-refractivity contribution in [2.24, 2.45) is 11.3 Å². The number of benzene rings is 1. The Bertz CT molecular complexity index is 1640. The lowest BCUT2D eigenvalue weighted by Crippen LogP contribution is -2.43. The molecule has 2 fully saturated rings. The fraction of sp³-hybridized carbons (Fsp3) is 0.571. The quantitative estimate of drug-likeness (QED) is 0.297. The standard InChI is InChI=1S/C35H45F2N5O2S/c1-24-26-8-7-9-28(20-26)35(36,37)27-10-16-41(17-11-27)22-34(2,3)14-5-4-6-15-42-32-30(31(40-24)38-23-39-32)21-29(33(42)43)25-12-18-45(44)19-13-25/h4-5,7-9,20-21,23-25,27H,6,10-19,22H2,1-3H3,(H,38,39,40)/b5-4-/t24-,25?,45?/m1/s1. The molecular weight excluding hydrogens is 592 g/mol. The Kier molecular flexibility index (Phi) is 9.26. The number of allylic oxidation sites excluding steroid dienone is 2. The zero-order chi connectivity index (χ0) is 31.8. The van der Waals surface area contributed by atoms with E-state index in [-0.39, 0.29) is 28.5 Å². The van der Waals surface area contributed by atoms with Gasteiger partial charge in [0.05, 0.1) is 5.39 Å². The average molecular weight is 638 g/mol. The normalized spacial score (nSPS) is 29.5. The van der Waals surface area contributed by atoms with Crippen LogP contribution in [0.25, 0.3) is 11.0 Å². The molecule has 0 spiro atoms. The van der Waals surface area contributed by atoms with E-state index in [1.165, 1.54) is 6.33 Å². The van der Waals surface area contributed by atoms with Crippen molar-refractivity contribution in [2.75, 3.05) is 36.5 Å². The van der Waals surface area contributed by atoms with Crippen molar-refractivity contribution in [3.8, 4) is 0 Å². The van der Waals surface area contributed by atoms with Crippen molar-refractivity contribution in [3.05, 3.63) is 75.9 Å². The number of nitrogens with one attached hydrogen (secondary N) is 1. The Morgan fingerprint density at radius 1 is 1.00 bits per heavy atom. The van der Waals surface area contributed by atoms with E-state index in [0.717, 1.165) is 23.9 Å². The highest BCUT2D eigenvalue weighted by molar-refractivity contribution is 7.85. The molecule has 2 saturated heterocycles. The average Bonchev–Trinajstić information content (AvgIpc) is 3.02. The third-order valence-corrected chi connectivity index (χ3v) is 11.4. The molecule has 0 aliphatic carbocycles. The topological polar surface area (TPSA) is 80.1 Å². The predicted molar refractivity (Wildman–Crippen MR) is 177 cm³/mol. The van der Waals surface area contributed by atoms with Crippen LogP contribution in [0.3, 0.4) is 0 Å². The third kappa shape index (κ3) is 6.92. The van der Waals surface area contributed by atoms with Gasteiger partial charge in [-0.3, -0.25) is 13.6 Å². The Labute approximate surface area is 267 Å². The molecule has 242 valence electrons. The monoisotopic (exact) mass is 637 g/mol. The Morgan fingerprint density at radius 2 is 1.76 bits per heavy atom. The van der Waals surface area contributed by atoms with Gasteiger partial charge in [-0.05, 0) is 87.6 Å². The maximum absolute atomic E-state index is 16.0. The van der Waals surface area contributed by atoms with E-state index in [1.807, 2.05) is 19.1 Å². The largest absolute Gasteiger partial charge is 0.363 e. The smallest absolute Gasteiger partial charge is 0.276 e. The molecule has 7 nitrogen and oxygen atoms in total. The summed E-state index contributed by atoms with van der Waals surface area (Å²) in [4.78, 5) is 25.4. The van der Waals surface area contributed by atoms with Gasteiger partial charge in [-0.15, -0.1) is 0 Å². The zero-order valence-corrected chi connectivity index (χ0v) is 27.4. The summed E-state index contributed by atoms with van der Waals surface area (Å²) in [5, 5.41) is 4.19. The zero-order valence-electron chi connectivity index (χ0n) is 26.6. The summed E-state index contributed by atoms with van der Waals surface area (Å²) in [6.45, 7) is 9.08. The molecule has 0 radical (unpaired) electrons. The molecule has 4 aliphatic rings. The number of hydrogen-bond donors (Lipinski definition) is 1. The first-order valence-electron chi connectivity index (χ1n) is 16.4. The van der Waals surface area contributed by atoms with E-state index in [1.54, 1.807) is 22.8 Å². The van der Waals surface area contributed by atoms with Crippen molar-refractivity contribution in [3.63, 3.8) is 0 Å². The maximum Gasteiger partial charge on any atom is 0.276 e. The van der Waals surface area contributed by atoms with Gasteiger partial charge in [0.15, 0.2) is 0 Å². The number of pyridine rings is 1. The minimum Gasteiger partial charge on any atom is -0.363 e. The highest BCUT2D eigenvalue weighted by atomic mass is 32.2. The molecule has 7 rings (SSSR count). The highest BCUT2D eigenvalue weighted by Gasteiger charge is 2.43. The second kappa shape index (κ2) is 13.0. The molecule has 0 saturated carbocycles. The van der Waals surface area contributed by atoms with Crippen LogP contribution in [0.2, 0.25) is 0 Å². The summed E-state index contributed by atoms with van der Waals surface area (Å²) in [6.07, 6.45) is 9.68. The lowest BCUT2D eigenvalue weighted by Gasteiger charge is -2.39. The van der Waals surface area contributed by atoms with Crippen molar-refractivity contribution in [1.29, 1.82) is 0 Å². The number of nitrogens with zero attached hydrogens (tertiary/aromatic N) is 4. The maximum atomic E-state index is 16.0. The van der Waals surface area contributed by atoms with Crippen LogP contribution in [0.4, 0.5) is 14.6 Å². The Hall–Kier alpha value is -2.98. The Balaban J connectivity index is 1.42. The molecule has 8 bridgehead atoms. The summed E-state index contributed by atoms with van der Waals surface area (Å²) >= 11 is 0. The molecule has 6 heterocycles. The number of anilines is 1. The molecular formula is C35H45F2N5O2S. The van der Waals surface area contributed by atoms with Crippen molar-refractivity contribution >= 4 is 27.7 Å². The highest BCUT2D eigenvalue weighted by Crippen LogP contribution is 2.43. The fourth-order valence-corrected chi connectivity index (χ4v) is 8.61. The van der Waals surface area contributed by atoms with Gasteiger partial charge >= 0.3 is 0 Å². The number of piperidine rings is 1. The molecule has 1 N–H and O–H groups in total. The van der Waals surface area contributed by atoms with Gasteiger partial charge in [0, 0.05) is 58.5 Å². The van der Waals surface area contributed by atoms with Gasteiger partial charge < -0.3 is 10.2 Å². The first-order chi connectivity index (χ1) is 21.5. The van der Waals surface area contributed by atoms with E-state index in [0.29, 0.717) is 80.3 Å². The first-order valence-corrected chi connectivity index (χ1v) is 17.9. The van der Waals surface area contributed by atoms with Gasteiger partial charge in [-0.2, -0.15) is 0 Å². The number of halogens is 2. The number of aromatic nitrogens is 3. The predicted octanol–water partition coefficient (Wildman–Crippen LogP) is 6.77. The van der Waals surface area contributed by atoms with Gasteiger partial charge in [0.2, 0.25) is 0 Å². The first kappa shape index (κ1) is 32.0. The molecule has 0 amide bonds. The lowest BCUT2D eigenvalue weighted by atomic mass is 9.83. The van der Waals surface area contributed by atoms with Crippen LogP contribution in [0.15, 0.2) is 53.6 Å². The molecule has 2 aromatic heterocycles. The summed E-state index contributed by atoms with van der Waals surface area (Å²) in [7, 11) is -0.841. The van der Waals surface area contributed by atoms with Crippen molar-refractivity contribution < 1.29 is 13.0 Å². The molecule has 10 heteroatoms. The minimum absolute atomic E-state index is 0.00656. The number of rotatable bonds is 1. The van der Waals surface area contributed by atoms with Gasteiger partial charge in [0.1, 0.15) is 17.8 Å². The van der Waals surface area contributed by atoms with Gasteiger partial charge in [-0.1, -0.05) is 44.2 Å². The van der Waals surface area contributed by atoms with Crippen LogP contribution in [-0.2, 0) is 23.3 Å². The third-order valence-electron chi connectivity index (χ3n) is 9.97. The van der Waals surface area contributed by atoms with Gasteiger partial charge in [-0.25, -0.2) is 18.7 Å². The molecule has 1 atom stereocenters. The summed E-state index contributed by atoms with van der Waals surface area (Å²) in [6, 6.07) is 8.37. The number of hydrogen-bond acceptors (Lipinski definition) is 6. The summed E-state index contributed by atoms with van der Waals surface area (Å²) < 4.78 is 45.8. The molecule has 1 aromatic carbocycles. The summed E-state index contributed by atoms with van der Waals surface area (Å²) in [5.41, 5.74) is 2.01. The van der Waals surface area contributed by atoms with Crippen molar-refractivity contribution in [2.45, 2.75) is 83.7 Å². The number of aryl methyl sites for hydroxylation is 1. The Morgan fingerprint density at radius 3 is 2.51 bits per heavy atom. The number of fused-ring (bicyclic) bond motifs is 8. The van der Waals surface area contributed by atoms with Gasteiger partial charge in [0.25, 0.3) is 11.5 Å². The van der Waals surface area contributed by atoms with Crippen LogP contribution in [-0.4, -0.2) is 54.8 Å². The van der Waals surface area contributed by atoms with Crippen LogP contribution < -0.4 is 10.9 Å². The van der Waals surface area contributed by atoms with E-state index < -0.39 is 22.6 Å². The van der Waals surface area contributed by atoms with Crippen LogP contribution in [0, 0.1) is 11.3 Å². The molecule has 3 aromatic rings. The molecule has 45 heavy (non-hydrogen) atoms. The fourth-order valence-electron chi connectivity index (χ4n) is 7.31. The van der Waals surface area contributed by atoms with E-state index >= 15 is 8.78 Å². The minimum atomic E-state index is -2.92. The second-order valence-corrected chi connectivity index (χ2v) is 15.6. The lowest BCUT2D eigenvalue weighted by molar-refractivity contribution is -0.0872. The second-order valence-electron chi connectivity index (χ2n) is 13.9. The van der Waals surface area contributed by atoms with E-state index in [4.69, 9.17) is 0 Å². The van der Waals surface area contributed by atoms with Crippen LogP contribution in [0.1, 0.15) is 87.9 Å². The molecule has 4 aliphatic heterocycles. The SMILES string of the molecule is C[C@H]1Nc2ncnc3c2cc(C2CCS(=O)CC2)c(=O)n3CC/C=C\CC(C)(C)CN2CCC(CC2)C(F)(F)c2cccc1c2. The number of alkyl halides is 2. The molecule has 0 unspecified atom stereocenters.